The lowest BCUT2D eigenvalue weighted by Gasteiger charge is -2.31. The van der Waals surface area contributed by atoms with Gasteiger partial charge in [-0.25, -0.2) is 0 Å². The second-order valence-corrected chi connectivity index (χ2v) is 4.14. The topological polar surface area (TPSA) is 66.6 Å². The van der Waals surface area contributed by atoms with Crippen molar-refractivity contribution in [2.75, 3.05) is 26.7 Å². The molecule has 1 rings (SSSR count). The molecule has 1 fully saturated rings. The summed E-state index contributed by atoms with van der Waals surface area (Å²) >= 11 is 0. The third kappa shape index (κ3) is 3.20. The Morgan fingerprint density at radius 3 is 2.60 bits per heavy atom. The van der Waals surface area contributed by atoms with Crippen LogP contribution >= 0.6 is 0 Å². The third-order valence-electron chi connectivity index (χ3n) is 2.61. The number of carbonyl (C=O) groups excluding carboxylic acids is 2. The number of piperazine rings is 1. The van der Waals surface area contributed by atoms with Gasteiger partial charge in [0.15, 0.2) is 0 Å². The van der Waals surface area contributed by atoms with E-state index in [2.05, 4.69) is 0 Å². The number of rotatable bonds is 4. The first kappa shape index (κ1) is 12.0. The maximum atomic E-state index is 11.5. The van der Waals surface area contributed by atoms with Crippen LogP contribution in [0.25, 0.3) is 0 Å². The highest BCUT2D eigenvalue weighted by molar-refractivity contribution is 6.35. The van der Waals surface area contributed by atoms with Gasteiger partial charge >= 0.3 is 11.8 Å². The van der Waals surface area contributed by atoms with Gasteiger partial charge in [0, 0.05) is 32.7 Å². The first-order valence-electron chi connectivity index (χ1n) is 5.32. The van der Waals surface area contributed by atoms with Crippen molar-refractivity contribution in [2.45, 2.75) is 25.8 Å². The lowest BCUT2D eigenvalue weighted by Crippen LogP contribution is -2.52. The van der Waals surface area contributed by atoms with Crippen molar-refractivity contribution < 1.29 is 9.59 Å². The van der Waals surface area contributed by atoms with Crippen molar-refractivity contribution in [1.82, 2.24) is 9.80 Å². The Hall–Kier alpha value is -1.10. The van der Waals surface area contributed by atoms with E-state index in [-0.39, 0.29) is 11.9 Å². The van der Waals surface area contributed by atoms with Crippen LogP contribution in [0.3, 0.4) is 0 Å². The minimum Gasteiger partial charge on any atom is -0.336 e. The van der Waals surface area contributed by atoms with Gasteiger partial charge in [-0.1, -0.05) is 0 Å². The molecule has 2 N–H and O–H groups in total. The molecule has 0 aromatic carbocycles. The monoisotopic (exact) mass is 213 g/mol. The lowest BCUT2D eigenvalue weighted by molar-refractivity contribution is -0.154. The van der Waals surface area contributed by atoms with E-state index in [1.165, 1.54) is 4.90 Å². The molecule has 1 atom stereocenters. The van der Waals surface area contributed by atoms with Crippen molar-refractivity contribution >= 4 is 11.8 Å². The molecule has 1 aliphatic heterocycles. The molecular weight excluding hydrogens is 194 g/mol. The molecule has 0 aromatic heterocycles. The average molecular weight is 213 g/mol. The summed E-state index contributed by atoms with van der Waals surface area (Å²) in [6.07, 6.45) is 1.74. The number of nitrogens with zero attached hydrogens (tertiary/aromatic N) is 2. The highest BCUT2D eigenvalue weighted by Gasteiger charge is 2.29. The highest BCUT2D eigenvalue weighted by Crippen LogP contribution is 2.05. The largest absolute Gasteiger partial charge is 0.336 e. The molecule has 0 saturated carbocycles. The van der Waals surface area contributed by atoms with Crippen LogP contribution in [0.15, 0.2) is 0 Å². The Bertz CT molecular complexity index is 253. The molecular formula is C10H19N3O2. The van der Waals surface area contributed by atoms with E-state index in [0.717, 1.165) is 12.8 Å². The Morgan fingerprint density at radius 1 is 1.33 bits per heavy atom. The fraction of sp³-hybridized carbons (Fsp3) is 0.800. The second-order valence-electron chi connectivity index (χ2n) is 4.14. The van der Waals surface area contributed by atoms with E-state index in [9.17, 15) is 9.59 Å². The summed E-state index contributed by atoms with van der Waals surface area (Å²) in [5.74, 6) is -0.782. The Morgan fingerprint density at radius 2 is 2.00 bits per heavy atom. The van der Waals surface area contributed by atoms with Crippen molar-refractivity contribution in [3.63, 3.8) is 0 Å². The van der Waals surface area contributed by atoms with E-state index in [1.54, 1.807) is 11.9 Å². The molecule has 0 aliphatic carbocycles. The molecule has 0 bridgehead atoms. The molecule has 15 heavy (non-hydrogen) atoms. The SMILES string of the molecule is CC(N)CCCN1CCN(C)C(=O)C1=O. The summed E-state index contributed by atoms with van der Waals surface area (Å²) in [5.41, 5.74) is 5.61. The zero-order chi connectivity index (χ0) is 11.4. The van der Waals surface area contributed by atoms with Gasteiger partial charge in [-0.2, -0.15) is 0 Å². The summed E-state index contributed by atoms with van der Waals surface area (Å²) in [6, 6.07) is 0.156. The van der Waals surface area contributed by atoms with Crippen LogP contribution in [0.4, 0.5) is 0 Å². The molecule has 0 spiro atoms. The Kier molecular flexibility index (Phi) is 4.08. The molecule has 1 aliphatic rings. The van der Waals surface area contributed by atoms with Crippen LogP contribution in [0.5, 0.6) is 0 Å². The van der Waals surface area contributed by atoms with E-state index in [1.807, 2.05) is 6.92 Å². The summed E-state index contributed by atoms with van der Waals surface area (Å²) in [4.78, 5) is 25.9. The summed E-state index contributed by atoms with van der Waals surface area (Å²) < 4.78 is 0. The third-order valence-corrected chi connectivity index (χ3v) is 2.61. The quantitative estimate of drug-likeness (QED) is 0.635. The molecule has 5 nitrogen and oxygen atoms in total. The number of nitrogens with two attached hydrogens (primary N) is 1. The second kappa shape index (κ2) is 5.11. The van der Waals surface area contributed by atoms with E-state index in [4.69, 9.17) is 5.73 Å². The Balaban J connectivity index is 2.36. The molecule has 86 valence electrons. The normalized spacial score (nSPS) is 19.7. The maximum Gasteiger partial charge on any atom is 0.312 e. The molecule has 0 aromatic rings. The average Bonchev–Trinajstić information content (AvgIpc) is 2.18. The first-order valence-corrected chi connectivity index (χ1v) is 5.32. The van der Waals surface area contributed by atoms with Gasteiger partial charge in [0.25, 0.3) is 0 Å². The van der Waals surface area contributed by atoms with Gasteiger partial charge in [0.2, 0.25) is 0 Å². The Labute approximate surface area is 90.2 Å². The van der Waals surface area contributed by atoms with Crippen LogP contribution in [-0.4, -0.2) is 54.3 Å². The minimum absolute atomic E-state index is 0.156. The number of likely N-dealkylation sites (N-methyl/N-ethyl adjacent to an activating group) is 1. The minimum atomic E-state index is -0.401. The van der Waals surface area contributed by atoms with Gasteiger partial charge in [-0.15, -0.1) is 0 Å². The van der Waals surface area contributed by atoms with Crippen molar-refractivity contribution in [3.05, 3.63) is 0 Å². The number of carbonyl (C=O) groups is 2. The smallest absolute Gasteiger partial charge is 0.312 e. The number of amides is 2. The zero-order valence-corrected chi connectivity index (χ0v) is 9.40. The molecule has 0 radical (unpaired) electrons. The van der Waals surface area contributed by atoms with Crippen molar-refractivity contribution in [1.29, 1.82) is 0 Å². The van der Waals surface area contributed by atoms with Crippen LogP contribution in [0.2, 0.25) is 0 Å². The van der Waals surface area contributed by atoms with Gasteiger partial charge in [-0.3, -0.25) is 9.59 Å². The highest BCUT2D eigenvalue weighted by atomic mass is 16.2. The van der Waals surface area contributed by atoms with Crippen LogP contribution in [0, 0.1) is 0 Å². The standard InChI is InChI=1S/C10H19N3O2/c1-8(11)4-3-5-13-7-6-12(2)9(14)10(13)15/h8H,3-7,11H2,1-2H3. The summed E-state index contributed by atoms with van der Waals surface area (Å²) in [7, 11) is 1.65. The fourth-order valence-corrected chi connectivity index (χ4v) is 1.59. The van der Waals surface area contributed by atoms with Crippen LogP contribution in [-0.2, 0) is 9.59 Å². The van der Waals surface area contributed by atoms with Crippen LogP contribution in [0.1, 0.15) is 19.8 Å². The summed E-state index contributed by atoms with van der Waals surface area (Å²) in [5, 5.41) is 0. The van der Waals surface area contributed by atoms with Gasteiger partial charge < -0.3 is 15.5 Å². The fourth-order valence-electron chi connectivity index (χ4n) is 1.59. The van der Waals surface area contributed by atoms with E-state index in [0.29, 0.717) is 19.6 Å². The predicted molar refractivity (Wildman–Crippen MR) is 57.1 cm³/mol. The molecule has 1 unspecified atom stereocenters. The molecule has 1 saturated heterocycles. The van der Waals surface area contributed by atoms with Gasteiger partial charge in [0.05, 0.1) is 0 Å². The maximum absolute atomic E-state index is 11.5. The molecule has 2 amide bonds. The number of hydrogen-bond acceptors (Lipinski definition) is 3. The van der Waals surface area contributed by atoms with E-state index >= 15 is 0 Å². The van der Waals surface area contributed by atoms with E-state index < -0.39 is 5.91 Å². The zero-order valence-electron chi connectivity index (χ0n) is 9.40. The van der Waals surface area contributed by atoms with Crippen molar-refractivity contribution in [2.24, 2.45) is 5.73 Å². The van der Waals surface area contributed by atoms with Gasteiger partial charge in [0.1, 0.15) is 0 Å². The lowest BCUT2D eigenvalue weighted by atomic mass is 10.2. The van der Waals surface area contributed by atoms with Gasteiger partial charge in [-0.05, 0) is 19.8 Å². The number of hydrogen-bond donors (Lipinski definition) is 1. The molecule has 5 heteroatoms. The van der Waals surface area contributed by atoms with Crippen LogP contribution < -0.4 is 5.73 Å². The van der Waals surface area contributed by atoms with Crippen molar-refractivity contribution in [3.8, 4) is 0 Å². The predicted octanol–water partition coefficient (Wildman–Crippen LogP) is -0.586. The first-order chi connectivity index (χ1) is 7.02. The molecule has 1 heterocycles. The summed E-state index contributed by atoms with van der Waals surface area (Å²) in [6.45, 7) is 3.85.